The predicted octanol–water partition coefficient (Wildman–Crippen LogP) is 7.76. The van der Waals surface area contributed by atoms with E-state index in [1.807, 2.05) is 24.4 Å². The number of hydrogen-bond donors (Lipinski definition) is 1. The Bertz CT molecular complexity index is 1860. The number of nitrogens with one attached hydrogen (secondary N) is 1. The summed E-state index contributed by atoms with van der Waals surface area (Å²) in [6.45, 7) is 5.25. The van der Waals surface area contributed by atoms with Gasteiger partial charge in [-0.25, -0.2) is 9.97 Å². The molecule has 0 atom stereocenters. The van der Waals surface area contributed by atoms with Gasteiger partial charge in [-0.2, -0.15) is 23.5 Å². The van der Waals surface area contributed by atoms with E-state index in [0.717, 1.165) is 47.2 Å². The van der Waals surface area contributed by atoms with Crippen molar-refractivity contribution in [2.45, 2.75) is 39.0 Å². The topological polar surface area (TPSA) is 91.4 Å². The number of fused-ring (bicyclic) bond motifs is 1. The number of likely N-dealkylation sites (tertiary alicyclic amines) is 1. The van der Waals surface area contributed by atoms with Crippen molar-refractivity contribution in [3.63, 3.8) is 0 Å². The maximum Gasteiger partial charge on any atom is 0.435 e. The normalized spacial score (nSPS) is 14.3. The van der Waals surface area contributed by atoms with Crippen molar-refractivity contribution >= 4 is 44.4 Å². The molecule has 1 fully saturated rings. The number of rotatable bonds is 9. The van der Waals surface area contributed by atoms with Crippen molar-refractivity contribution in [2.24, 2.45) is 5.10 Å². The molecule has 2 aromatic carbocycles. The van der Waals surface area contributed by atoms with Crippen LogP contribution in [-0.2, 0) is 13.1 Å². The molecule has 13 heteroatoms. The van der Waals surface area contributed by atoms with Crippen LogP contribution in [0.4, 0.5) is 18.3 Å². The van der Waals surface area contributed by atoms with Gasteiger partial charge in [-0.1, -0.05) is 11.3 Å². The van der Waals surface area contributed by atoms with E-state index in [2.05, 4.69) is 26.5 Å². The first-order valence-corrected chi connectivity index (χ1v) is 15.7. The highest BCUT2D eigenvalue weighted by molar-refractivity contribution is 7.16. The third-order valence-electron chi connectivity index (χ3n) is 7.48. The number of aryl methyl sites for hydroxylation is 1. The van der Waals surface area contributed by atoms with Crippen LogP contribution in [0.3, 0.4) is 0 Å². The van der Waals surface area contributed by atoms with Crippen molar-refractivity contribution in [3.8, 4) is 33.6 Å². The molecule has 1 aliphatic heterocycles. The first-order chi connectivity index (χ1) is 21.3. The predicted molar refractivity (Wildman–Crippen MR) is 168 cm³/mol. The zero-order valence-corrected chi connectivity index (χ0v) is 25.6. The SMILES string of the molecule is CCn1cc(/C(=N/Nc2nc(-c3ccc(OC)cc3)c(C#N)s2)C(F)(F)F)c2cc(-c3nc(CN4CCCC4)cs3)ccc21. The van der Waals surface area contributed by atoms with Crippen molar-refractivity contribution in [1.82, 2.24) is 19.4 Å². The molecule has 5 aromatic rings. The molecule has 4 heterocycles. The van der Waals surface area contributed by atoms with Gasteiger partial charge in [0.25, 0.3) is 0 Å². The Morgan fingerprint density at radius 1 is 1.11 bits per heavy atom. The molecule has 44 heavy (non-hydrogen) atoms. The zero-order valence-electron chi connectivity index (χ0n) is 24.0. The maximum absolute atomic E-state index is 14.6. The molecule has 0 spiro atoms. The summed E-state index contributed by atoms with van der Waals surface area (Å²) in [7, 11) is 1.54. The van der Waals surface area contributed by atoms with E-state index in [-0.39, 0.29) is 15.6 Å². The monoisotopic (exact) mass is 635 g/mol. The van der Waals surface area contributed by atoms with Crippen LogP contribution in [0.2, 0.25) is 0 Å². The number of alkyl halides is 3. The highest BCUT2D eigenvalue weighted by atomic mass is 32.1. The smallest absolute Gasteiger partial charge is 0.435 e. The van der Waals surface area contributed by atoms with Crippen LogP contribution in [0, 0.1) is 11.3 Å². The largest absolute Gasteiger partial charge is 0.497 e. The lowest BCUT2D eigenvalue weighted by Crippen LogP contribution is -2.25. The number of nitriles is 1. The van der Waals surface area contributed by atoms with E-state index in [9.17, 15) is 18.4 Å². The van der Waals surface area contributed by atoms with Crippen LogP contribution >= 0.6 is 22.7 Å². The average Bonchev–Trinajstić information content (AvgIpc) is 3.84. The third-order valence-corrected chi connectivity index (χ3v) is 9.29. The van der Waals surface area contributed by atoms with E-state index in [1.165, 1.54) is 30.4 Å². The Labute approximate surface area is 260 Å². The highest BCUT2D eigenvalue weighted by Crippen LogP contribution is 2.35. The lowest BCUT2D eigenvalue weighted by Gasteiger charge is -2.11. The summed E-state index contributed by atoms with van der Waals surface area (Å²) in [5.74, 6) is 0.632. The maximum atomic E-state index is 14.6. The average molecular weight is 636 g/mol. The number of thiazole rings is 2. The molecule has 0 unspecified atom stereocenters. The number of hydrazone groups is 1. The molecule has 6 rings (SSSR count). The second-order valence-corrected chi connectivity index (χ2v) is 12.2. The van der Waals surface area contributed by atoms with Gasteiger partial charge in [0, 0.05) is 52.3 Å². The van der Waals surface area contributed by atoms with Crippen LogP contribution in [0.25, 0.3) is 32.7 Å². The van der Waals surface area contributed by atoms with Gasteiger partial charge in [0.1, 0.15) is 27.4 Å². The zero-order chi connectivity index (χ0) is 30.8. The van der Waals surface area contributed by atoms with E-state index in [1.54, 1.807) is 42.0 Å². The number of nitrogens with zero attached hydrogens (tertiary/aromatic N) is 6. The molecule has 1 aliphatic rings. The summed E-state index contributed by atoms with van der Waals surface area (Å²) < 4.78 is 50.7. The van der Waals surface area contributed by atoms with E-state index >= 15 is 0 Å². The molecule has 1 N–H and O–H groups in total. The molecule has 0 amide bonds. The molecule has 8 nitrogen and oxygen atoms in total. The highest BCUT2D eigenvalue weighted by Gasteiger charge is 2.39. The van der Waals surface area contributed by atoms with Crippen LogP contribution in [0.15, 0.2) is 59.1 Å². The van der Waals surface area contributed by atoms with E-state index in [4.69, 9.17) is 9.72 Å². The second-order valence-electron chi connectivity index (χ2n) is 10.3. The Hall–Kier alpha value is -4.25. The number of anilines is 1. The molecule has 0 saturated carbocycles. The summed E-state index contributed by atoms with van der Waals surface area (Å²) in [6, 6.07) is 14.5. The number of halogens is 3. The fourth-order valence-corrected chi connectivity index (χ4v) is 6.87. The van der Waals surface area contributed by atoms with Crippen LogP contribution in [0.5, 0.6) is 5.75 Å². The van der Waals surface area contributed by atoms with Gasteiger partial charge in [0.15, 0.2) is 5.71 Å². The molecule has 0 radical (unpaired) electrons. The lowest BCUT2D eigenvalue weighted by atomic mass is 10.1. The molecule has 0 aliphatic carbocycles. The molecular weight excluding hydrogens is 608 g/mol. The molecular formula is C31H28F3N7OS2. The summed E-state index contributed by atoms with van der Waals surface area (Å²) in [4.78, 5) is 11.8. The fraction of sp³-hybridized carbons (Fsp3) is 0.290. The van der Waals surface area contributed by atoms with E-state index in [0.29, 0.717) is 34.5 Å². The number of methoxy groups -OCH3 is 1. The van der Waals surface area contributed by atoms with E-state index < -0.39 is 11.9 Å². The van der Waals surface area contributed by atoms with Gasteiger partial charge in [0.2, 0.25) is 5.13 Å². The fourth-order valence-electron chi connectivity index (χ4n) is 5.33. The Kier molecular flexibility index (Phi) is 8.40. The van der Waals surface area contributed by atoms with Crippen LogP contribution in [0.1, 0.15) is 35.9 Å². The van der Waals surface area contributed by atoms with Gasteiger partial charge >= 0.3 is 6.18 Å². The van der Waals surface area contributed by atoms with Gasteiger partial charge in [-0.15, -0.1) is 11.3 Å². The summed E-state index contributed by atoms with van der Waals surface area (Å²) in [5.41, 5.74) is 4.73. The van der Waals surface area contributed by atoms with Gasteiger partial charge < -0.3 is 9.30 Å². The number of ether oxygens (including phenoxy) is 1. The van der Waals surface area contributed by atoms with Crippen molar-refractivity contribution in [1.29, 1.82) is 5.26 Å². The van der Waals surface area contributed by atoms with Crippen molar-refractivity contribution < 1.29 is 17.9 Å². The second kappa shape index (κ2) is 12.4. The Morgan fingerprint density at radius 2 is 1.86 bits per heavy atom. The summed E-state index contributed by atoms with van der Waals surface area (Å²) in [6.07, 6.45) is -0.911. The van der Waals surface area contributed by atoms with Crippen LogP contribution < -0.4 is 10.2 Å². The summed E-state index contributed by atoms with van der Waals surface area (Å²) >= 11 is 2.42. The van der Waals surface area contributed by atoms with Gasteiger partial charge in [0.05, 0.1) is 12.8 Å². The van der Waals surface area contributed by atoms with Crippen LogP contribution in [-0.4, -0.2) is 51.5 Å². The first kappa shape index (κ1) is 29.8. The minimum absolute atomic E-state index is 0.0509. The standard InChI is InChI=1S/C31H28F3N7OS2/c1-3-41-17-24(23-14-20(8-11-25(23)41)29-36-21(18-43-29)16-40-12-4-5-13-40)28(31(32,33)34)38-39-30-37-27(26(15-35)44-30)19-6-9-22(42-2)10-7-19/h6-11,14,17-18H,3-5,12-13,16H2,1-2H3,(H,37,39)/b38-28-. The Balaban J connectivity index is 1.35. The molecule has 226 valence electrons. The molecule has 1 saturated heterocycles. The quantitative estimate of drug-likeness (QED) is 0.132. The van der Waals surface area contributed by atoms with Gasteiger partial charge in [-0.3, -0.25) is 10.3 Å². The van der Waals surface area contributed by atoms with Crippen molar-refractivity contribution in [3.05, 3.63) is 70.2 Å². The van der Waals surface area contributed by atoms with Gasteiger partial charge in [-0.05, 0) is 75.3 Å². The molecule has 3 aromatic heterocycles. The minimum atomic E-state index is -4.77. The molecule has 0 bridgehead atoms. The Morgan fingerprint density at radius 3 is 2.55 bits per heavy atom. The third kappa shape index (κ3) is 6.06. The van der Waals surface area contributed by atoms with Crippen molar-refractivity contribution in [2.75, 3.05) is 25.6 Å². The number of aromatic nitrogens is 3. The summed E-state index contributed by atoms with van der Waals surface area (Å²) in [5, 5.41) is 16.8. The minimum Gasteiger partial charge on any atom is -0.497 e. The lowest BCUT2D eigenvalue weighted by molar-refractivity contribution is -0.0580. The first-order valence-electron chi connectivity index (χ1n) is 14.0. The number of benzene rings is 2. The number of hydrogen-bond acceptors (Lipinski definition) is 9.